The molecule has 1 heterocycles. The highest BCUT2D eigenvalue weighted by molar-refractivity contribution is 5.28. The summed E-state index contributed by atoms with van der Waals surface area (Å²) in [6.07, 6.45) is 8.48. The van der Waals surface area contributed by atoms with Crippen LogP contribution in [0, 0.1) is 0 Å². The van der Waals surface area contributed by atoms with Crippen LogP contribution < -0.4 is 0 Å². The van der Waals surface area contributed by atoms with Crippen LogP contribution in [0.4, 0.5) is 0 Å². The summed E-state index contributed by atoms with van der Waals surface area (Å²) in [6, 6.07) is 11.3. The van der Waals surface area contributed by atoms with E-state index < -0.39 is 0 Å². The van der Waals surface area contributed by atoms with E-state index in [1.54, 1.807) is 0 Å². The summed E-state index contributed by atoms with van der Waals surface area (Å²) in [5.41, 5.74) is 5.94. The lowest BCUT2D eigenvalue weighted by Gasteiger charge is -2.19. The van der Waals surface area contributed by atoms with Crippen molar-refractivity contribution in [2.24, 2.45) is 0 Å². The molecule has 0 unspecified atom stereocenters. The van der Waals surface area contributed by atoms with Gasteiger partial charge in [-0.3, -0.25) is 4.98 Å². The highest BCUT2D eigenvalue weighted by atomic mass is 14.6. The second-order valence-corrected chi connectivity index (χ2v) is 6.80. The summed E-state index contributed by atoms with van der Waals surface area (Å²) in [7, 11) is 0. The van der Waals surface area contributed by atoms with Crippen LogP contribution in [0.2, 0.25) is 0 Å². The maximum absolute atomic E-state index is 4.22. The Morgan fingerprint density at radius 1 is 0.905 bits per heavy atom. The molecule has 21 heavy (non-hydrogen) atoms. The lowest BCUT2D eigenvalue weighted by atomic mass is 9.86. The van der Waals surface area contributed by atoms with Gasteiger partial charge in [0.15, 0.2) is 0 Å². The molecule has 0 aliphatic rings. The molecule has 112 valence electrons. The fraction of sp³-hybridized carbons (Fsp3) is 0.450. The zero-order chi connectivity index (χ0) is 15.3. The molecule has 0 saturated heterocycles. The van der Waals surface area contributed by atoms with Crippen molar-refractivity contribution in [3.8, 4) is 0 Å². The van der Waals surface area contributed by atoms with Gasteiger partial charge in [-0.2, -0.15) is 0 Å². The van der Waals surface area contributed by atoms with Gasteiger partial charge in [-0.1, -0.05) is 52.0 Å². The fourth-order valence-electron chi connectivity index (χ4n) is 2.67. The third kappa shape index (κ3) is 4.42. The molecule has 0 aliphatic heterocycles. The van der Waals surface area contributed by atoms with E-state index in [0.29, 0.717) is 0 Å². The average molecular weight is 281 g/mol. The molecule has 0 spiro atoms. The van der Waals surface area contributed by atoms with Crippen molar-refractivity contribution in [2.75, 3.05) is 0 Å². The zero-order valence-electron chi connectivity index (χ0n) is 13.8. The topological polar surface area (TPSA) is 12.9 Å². The van der Waals surface area contributed by atoms with Crippen molar-refractivity contribution in [3.63, 3.8) is 0 Å². The first kappa shape index (κ1) is 15.8. The number of aryl methyl sites for hydroxylation is 3. The Morgan fingerprint density at radius 3 is 2.24 bits per heavy atom. The Morgan fingerprint density at radius 2 is 1.62 bits per heavy atom. The predicted molar refractivity (Wildman–Crippen MR) is 90.8 cm³/mol. The summed E-state index contributed by atoms with van der Waals surface area (Å²) >= 11 is 0. The lowest BCUT2D eigenvalue weighted by Crippen LogP contribution is -2.10. The molecular formula is C20H27N. The Kier molecular flexibility index (Phi) is 5.17. The molecule has 0 saturated carbocycles. The minimum atomic E-state index is 0.242. The Hall–Kier alpha value is -1.63. The summed E-state index contributed by atoms with van der Waals surface area (Å²) < 4.78 is 0. The number of benzene rings is 1. The normalized spacial score (nSPS) is 11.6. The summed E-state index contributed by atoms with van der Waals surface area (Å²) in [4.78, 5) is 4.22. The number of rotatable bonds is 5. The third-order valence-electron chi connectivity index (χ3n) is 4.12. The van der Waals surface area contributed by atoms with Crippen LogP contribution in [0.15, 0.2) is 42.7 Å². The van der Waals surface area contributed by atoms with Gasteiger partial charge in [0.1, 0.15) is 0 Å². The van der Waals surface area contributed by atoms with E-state index in [1.165, 1.54) is 28.7 Å². The van der Waals surface area contributed by atoms with Crippen molar-refractivity contribution >= 4 is 0 Å². The van der Waals surface area contributed by atoms with E-state index >= 15 is 0 Å². The summed E-state index contributed by atoms with van der Waals surface area (Å²) in [5, 5.41) is 0. The van der Waals surface area contributed by atoms with Crippen LogP contribution in [-0.4, -0.2) is 4.98 Å². The molecule has 2 rings (SSSR count). The third-order valence-corrected chi connectivity index (χ3v) is 4.12. The van der Waals surface area contributed by atoms with Gasteiger partial charge in [0.05, 0.1) is 0 Å². The summed E-state index contributed by atoms with van der Waals surface area (Å²) in [6.45, 7) is 8.99. The largest absolute Gasteiger partial charge is 0.264 e. The van der Waals surface area contributed by atoms with Crippen LogP contribution in [-0.2, 0) is 24.7 Å². The summed E-state index contributed by atoms with van der Waals surface area (Å²) in [5.74, 6) is 0. The minimum Gasteiger partial charge on any atom is -0.264 e. The van der Waals surface area contributed by atoms with Crippen LogP contribution in [0.1, 0.15) is 56.4 Å². The maximum Gasteiger partial charge on any atom is 0.0302 e. The highest BCUT2D eigenvalue weighted by Crippen LogP contribution is 2.22. The molecule has 1 nitrogen and oxygen atoms in total. The molecule has 0 N–H and O–H groups in total. The number of nitrogens with zero attached hydrogens (tertiary/aromatic N) is 1. The number of hydrogen-bond acceptors (Lipinski definition) is 1. The molecule has 0 bridgehead atoms. The molecule has 1 heteroatoms. The SMILES string of the molecule is CCc1cnccc1CCCc1ccc(C(C)(C)C)cc1. The first-order valence-corrected chi connectivity index (χ1v) is 8.02. The van der Waals surface area contributed by atoms with Gasteiger partial charge in [-0.05, 0) is 59.4 Å². The van der Waals surface area contributed by atoms with Crippen molar-refractivity contribution in [1.82, 2.24) is 4.98 Å². The first-order chi connectivity index (χ1) is 10.0. The number of pyridine rings is 1. The monoisotopic (exact) mass is 281 g/mol. The van der Waals surface area contributed by atoms with E-state index in [-0.39, 0.29) is 5.41 Å². The van der Waals surface area contributed by atoms with E-state index in [2.05, 4.69) is 63.0 Å². The average Bonchev–Trinajstić information content (AvgIpc) is 2.47. The van der Waals surface area contributed by atoms with Crippen LogP contribution in [0.3, 0.4) is 0 Å². The Balaban J connectivity index is 1.92. The smallest absolute Gasteiger partial charge is 0.0302 e. The number of hydrogen-bond donors (Lipinski definition) is 0. The minimum absolute atomic E-state index is 0.242. The van der Waals surface area contributed by atoms with E-state index in [4.69, 9.17) is 0 Å². The van der Waals surface area contributed by atoms with Crippen molar-refractivity contribution < 1.29 is 0 Å². The molecule has 2 aromatic rings. The molecule has 0 aliphatic carbocycles. The Labute approximate surface area is 129 Å². The van der Waals surface area contributed by atoms with Gasteiger partial charge in [0, 0.05) is 12.4 Å². The standard InChI is InChI=1S/C20H27N/c1-5-17-15-21-14-13-18(17)8-6-7-16-9-11-19(12-10-16)20(2,3)4/h9-15H,5-8H2,1-4H3. The van der Waals surface area contributed by atoms with E-state index in [1.807, 2.05) is 12.4 Å². The fourth-order valence-corrected chi connectivity index (χ4v) is 2.67. The van der Waals surface area contributed by atoms with Gasteiger partial charge in [0.25, 0.3) is 0 Å². The molecular weight excluding hydrogens is 254 g/mol. The van der Waals surface area contributed by atoms with Crippen molar-refractivity contribution in [2.45, 2.75) is 58.8 Å². The van der Waals surface area contributed by atoms with Crippen LogP contribution >= 0.6 is 0 Å². The van der Waals surface area contributed by atoms with Gasteiger partial charge in [-0.15, -0.1) is 0 Å². The molecule has 1 aromatic heterocycles. The van der Waals surface area contributed by atoms with E-state index in [0.717, 1.165) is 19.3 Å². The predicted octanol–water partition coefficient (Wildman–Crippen LogP) is 5.12. The zero-order valence-corrected chi connectivity index (χ0v) is 13.8. The van der Waals surface area contributed by atoms with Crippen molar-refractivity contribution in [1.29, 1.82) is 0 Å². The quantitative estimate of drug-likeness (QED) is 0.741. The molecule has 0 fully saturated rings. The lowest BCUT2D eigenvalue weighted by molar-refractivity contribution is 0.590. The maximum atomic E-state index is 4.22. The van der Waals surface area contributed by atoms with Gasteiger partial charge in [0.2, 0.25) is 0 Å². The first-order valence-electron chi connectivity index (χ1n) is 8.02. The van der Waals surface area contributed by atoms with Crippen LogP contribution in [0.25, 0.3) is 0 Å². The van der Waals surface area contributed by atoms with E-state index in [9.17, 15) is 0 Å². The Bertz CT molecular complexity index is 561. The molecule has 0 radical (unpaired) electrons. The second kappa shape index (κ2) is 6.89. The second-order valence-electron chi connectivity index (χ2n) is 6.80. The highest BCUT2D eigenvalue weighted by Gasteiger charge is 2.12. The van der Waals surface area contributed by atoms with Gasteiger partial charge < -0.3 is 0 Å². The molecule has 1 aromatic carbocycles. The van der Waals surface area contributed by atoms with Gasteiger partial charge >= 0.3 is 0 Å². The molecule has 0 atom stereocenters. The van der Waals surface area contributed by atoms with Crippen LogP contribution in [0.5, 0.6) is 0 Å². The molecule has 0 amide bonds. The van der Waals surface area contributed by atoms with Gasteiger partial charge in [-0.25, -0.2) is 0 Å². The number of aromatic nitrogens is 1. The van der Waals surface area contributed by atoms with Crippen molar-refractivity contribution in [3.05, 3.63) is 65.0 Å².